The molecule has 0 aromatic heterocycles. The average molecular weight is 234 g/mol. The number of ether oxygens (including phenoxy) is 1. The van der Waals surface area contributed by atoms with Gasteiger partial charge in [-0.2, -0.15) is 0 Å². The summed E-state index contributed by atoms with van der Waals surface area (Å²) in [5.74, 6) is 0. The minimum atomic E-state index is 0.377. The van der Waals surface area contributed by atoms with Crippen LogP contribution in [0.3, 0.4) is 0 Å². The summed E-state index contributed by atoms with van der Waals surface area (Å²) < 4.78 is 5.44. The van der Waals surface area contributed by atoms with Gasteiger partial charge in [0.25, 0.3) is 0 Å². The van der Waals surface area contributed by atoms with E-state index < -0.39 is 0 Å². The summed E-state index contributed by atoms with van der Waals surface area (Å²) >= 11 is 3.40. The molecule has 0 spiro atoms. The van der Waals surface area contributed by atoms with Crippen molar-refractivity contribution >= 4 is 15.9 Å². The van der Waals surface area contributed by atoms with Crippen molar-refractivity contribution in [2.75, 3.05) is 31.6 Å². The fourth-order valence-corrected chi connectivity index (χ4v) is 1.57. The Morgan fingerprint density at radius 1 is 1.75 bits per heavy atom. The van der Waals surface area contributed by atoms with E-state index in [-0.39, 0.29) is 0 Å². The van der Waals surface area contributed by atoms with Crippen LogP contribution in [0.5, 0.6) is 0 Å². The molecule has 1 atom stereocenters. The molecule has 1 aliphatic rings. The second-order valence-electron chi connectivity index (χ2n) is 3.30. The minimum Gasteiger partial charge on any atom is -0.376 e. The molecule has 0 amide bonds. The van der Waals surface area contributed by atoms with Crippen molar-refractivity contribution in [3.05, 3.63) is 12.2 Å². The largest absolute Gasteiger partial charge is 0.376 e. The molecule has 1 fully saturated rings. The first kappa shape index (κ1) is 10.2. The maximum Gasteiger partial charge on any atom is 0.0674 e. The third-order valence-electron chi connectivity index (χ3n) is 1.96. The highest BCUT2D eigenvalue weighted by Gasteiger charge is 2.16. The van der Waals surface area contributed by atoms with Gasteiger partial charge in [0.05, 0.1) is 12.7 Å². The Hall–Kier alpha value is 0.140. The quantitative estimate of drug-likeness (QED) is 0.544. The van der Waals surface area contributed by atoms with Gasteiger partial charge in [-0.05, 0) is 6.92 Å². The molecule has 1 heterocycles. The van der Waals surface area contributed by atoms with Gasteiger partial charge in [0, 0.05) is 25.0 Å². The molecule has 1 unspecified atom stereocenters. The SMILES string of the molecule is C=C(CBr)CN1CCOC(C)C1. The zero-order chi connectivity index (χ0) is 8.97. The first-order valence-corrected chi connectivity index (χ1v) is 5.41. The predicted molar refractivity (Wildman–Crippen MR) is 54.8 cm³/mol. The lowest BCUT2D eigenvalue weighted by molar-refractivity contribution is -0.0147. The van der Waals surface area contributed by atoms with Crippen LogP contribution in [0.1, 0.15) is 6.92 Å². The highest BCUT2D eigenvalue weighted by Crippen LogP contribution is 2.07. The summed E-state index contributed by atoms with van der Waals surface area (Å²) in [7, 11) is 0. The lowest BCUT2D eigenvalue weighted by atomic mass is 10.2. The van der Waals surface area contributed by atoms with Gasteiger partial charge < -0.3 is 4.74 Å². The summed E-state index contributed by atoms with van der Waals surface area (Å²) in [5, 5.41) is 0.902. The van der Waals surface area contributed by atoms with E-state index in [0.717, 1.165) is 31.6 Å². The van der Waals surface area contributed by atoms with Gasteiger partial charge in [-0.3, -0.25) is 4.90 Å². The van der Waals surface area contributed by atoms with Gasteiger partial charge in [0.1, 0.15) is 0 Å². The van der Waals surface area contributed by atoms with E-state index in [2.05, 4.69) is 34.3 Å². The third-order valence-corrected chi connectivity index (χ3v) is 2.75. The van der Waals surface area contributed by atoms with Crippen molar-refractivity contribution in [2.24, 2.45) is 0 Å². The molecule has 0 saturated carbocycles. The molecule has 12 heavy (non-hydrogen) atoms. The van der Waals surface area contributed by atoms with E-state index in [1.54, 1.807) is 0 Å². The highest BCUT2D eigenvalue weighted by atomic mass is 79.9. The van der Waals surface area contributed by atoms with Crippen molar-refractivity contribution in [1.29, 1.82) is 0 Å². The van der Waals surface area contributed by atoms with Crippen LogP contribution >= 0.6 is 15.9 Å². The standard InChI is InChI=1S/C9H16BrNO/c1-8(5-10)6-11-3-4-12-9(2)7-11/h9H,1,3-7H2,2H3. The lowest BCUT2D eigenvalue weighted by Gasteiger charge is -2.31. The predicted octanol–water partition coefficient (Wildman–Crippen LogP) is 1.66. The fraction of sp³-hybridized carbons (Fsp3) is 0.778. The molecule has 0 aromatic rings. The van der Waals surface area contributed by atoms with Gasteiger partial charge in [0.2, 0.25) is 0 Å². The number of rotatable bonds is 3. The number of halogens is 1. The van der Waals surface area contributed by atoms with Crippen LogP contribution < -0.4 is 0 Å². The van der Waals surface area contributed by atoms with Gasteiger partial charge in [-0.25, -0.2) is 0 Å². The van der Waals surface area contributed by atoms with Crippen molar-refractivity contribution in [3.63, 3.8) is 0 Å². The maximum atomic E-state index is 5.44. The van der Waals surface area contributed by atoms with E-state index in [9.17, 15) is 0 Å². The summed E-state index contributed by atoms with van der Waals surface area (Å²) in [6, 6.07) is 0. The zero-order valence-electron chi connectivity index (χ0n) is 7.55. The number of hydrogen-bond acceptors (Lipinski definition) is 2. The van der Waals surface area contributed by atoms with Gasteiger partial charge in [-0.15, -0.1) is 0 Å². The maximum absolute atomic E-state index is 5.44. The second kappa shape index (κ2) is 5.00. The molecular formula is C9H16BrNO. The average Bonchev–Trinajstić information content (AvgIpc) is 2.04. The van der Waals surface area contributed by atoms with E-state index in [4.69, 9.17) is 4.74 Å². The Morgan fingerprint density at radius 2 is 2.50 bits per heavy atom. The van der Waals surface area contributed by atoms with E-state index in [1.807, 2.05) is 0 Å². The normalized spacial score (nSPS) is 25.7. The number of alkyl halides is 1. The first-order chi connectivity index (χ1) is 5.72. The Balaban J connectivity index is 2.27. The van der Waals surface area contributed by atoms with Crippen molar-refractivity contribution in [1.82, 2.24) is 4.90 Å². The summed E-state index contributed by atoms with van der Waals surface area (Å²) in [6.45, 7) is 10.0. The zero-order valence-corrected chi connectivity index (χ0v) is 9.14. The molecule has 2 nitrogen and oxygen atoms in total. The lowest BCUT2D eigenvalue weighted by Crippen LogP contribution is -2.41. The molecule has 0 bridgehead atoms. The van der Waals surface area contributed by atoms with Crippen LogP contribution in [0, 0.1) is 0 Å². The van der Waals surface area contributed by atoms with Crippen molar-refractivity contribution < 1.29 is 4.74 Å². The van der Waals surface area contributed by atoms with Gasteiger partial charge in [-0.1, -0.05) is 28.1 Å². The van der Waals surface area contributed by atoms with E-state index in [0.29, 0.717) is 6.10 Å². The Morgan fingerprint density at radius 3 is 3.08 bits per heavy atom. The van der Waals surface area contributed by atoms with Gasteiger partial charge >= 0.3 is 0 Å². The Kier molecular flexibility index (Phi) is 4.26. The topological polar surface area (TPSA) is 12.5 Å². The second-order valence-corrected chi connectivity index (χ2v) is 3.86. The number of hydrogen-bond donors (Lipinski definition) is 0. The summed E-state index contributed by atoms with van der Waals surface area (Å²) in [4.78, 5) is 2.39. The molecule has 0 aromatic carbocycles. The summed E-state index contributed by atoms with van der Waals surface area (Å²) in [5.41, 5.74) is 1.24. The van der Waals surface area contributed by atoms with Crippen LogP contribution in [-0.2, 0) is 4.74 Å². The highest BCUT2D eigenvalue weighted by molar-refractivity contribution is 9.09. The van der Waals surface area contributed by atoms with Crippen molar-refractivity contribution in [3.8, 4) is 0 Å². The van der Waals surface area contributed by atoms with Crippen LogP contribution in [0.25, 0.3) is 0 Å². The Bertz CT molecular complexity index is 161. The first-order valence-electron chi connectivity index (χ1n) is 4.29. The number of morpholine rings is 1. The van der Waals surface area contributed by atoms with Crippen LogP contribution in [0.4, 0.5) is 0 Å². The number of nitrogens with zero attached hydrogens (tertiary/aromatic N) is 1. The molecule has 1 aliphatic heterocycles. The van der Waals surface area contributed by atoms with E-state index in [1.165, 1.54) is 5.57 Å². The molecule has 3 heteroatoms. The van der Waals surface area contributed by atoms with Gasteiger partial charge in [0.15, 0.2) is 0 Å². The molecule has 0 radical (unpaired) electrons. The molecular weight excluding hydrogens is 218 g/mol. The monoisotopic (exact) mass is 233 g/mol. The smallest absolute Gasteiger partial charge is 0.0674 e. The summed E-state index contributed by atoms with van der Waals surface area (Å²) in [6.07, 6.45) is 0.377. The molecule has 70 valence electrons. The van der Waals surface area contributed by atoms with Crippen LogP contribution in [-0.4, -0.2) is 42.6 Å². The van der Waals surface area contributed by atoms with Crippen LogP contribution in [0.2, 0.25) is 0 Å². The fourth-order valence-electron chi connectivity index (χ4n) is 1.39. The molecule has 1 saturated heterocycles. The van der Waals surface area contributed by atoms with E-state index >= 15 is 0 Å². The van der Waals surface area contributed by atoms with Crippen molar-refractivity contribution in [2.45, 2.75) is 13.0 Å². The van der Waals surface area contributed by atoms with Crippen LogP contribution in [0.15, 0.2) is 12.2 Å². The third kappa shape index (κ3) is 3.25. The Labute approximate surface area is 82.7 Å². The molecule has 1 rings (SSSR count). The molecule has 0 N–H and O–H groups in total. The molecule has 0 aliphatic carbocycles. The minimum absolute atomic E-state index is 0.377.